The van der Waals surface area contributed by atoms with Gasteiger partial charge in [0.1, 0.15) is 0 Å². The molecule has 0 saturated heterocycles. The van der Waals surface area contributed by atoms with Crippen molar-refractivity contribution in [1.82, 2.24) is 5.32 Å². The number of para-hydroxylation sites is 1. The zero-order chi connectivity index (χ0) is 21.3. The molecule has 3 aromatic carbocycles. The quantitative estimate of drug-likeness (QED) is 0.518. The number of aryl methyl sites for hydroxylation is 1. The van der Waals surface area contributed by atoms with Gasteiger partial charge < -0.3 is 10.6 Å². The number of carbonyl (C=O) groups excluding carboxylic acids is 2. The fourth-order valence-corrected chi connectivity index (χ4v) is 3.81. The van der Waals surface area contributed by atoms with Gasteiger partial charge in [-0.25, -0.2) is 0 Å². The first-order chi connectivity index (χ1) is 14.5. The van der Waals surface area contributed by atoms with Crippen LogP contribution in [0.25, 0.3) is 0 Å². The summed E-state index contributed by atoms with van der Waals surface area (Å²) < 4.78 is 0. The molecule has 0 aliphatic carbocycles. The molecule has 0 saturated carbocycles. The topological polar surface area (TPSA) is 58.2 Å². The Morgan fingerprint density at radius 3 is 2.30 bits per heavy atom. The van der Waals surface area contributed by atoms with Gasteiger partial charge in [-0.1, -0.05) is 72.3 Å². The molecule has 1 atom stereocenters. The van der Waals surface area contributed by atoms with E-state index in [0.29, 0.717) is 17.0 Å². The minimum absolute atomic E-state index is 0.122. The highest BCUT2D eigenvalue weighted by Gasteiger charge is 2.16. The van der Waals surface area contributed by atoms with Gasteiger partial charge in [-0.3, -0.25) is 9.59 Å². The van der Waals surface area contributed by atoms with E-state index in [1.807, 2.05) is 43.3 Å². The molecule has 2 N–H and O–H groups in total. The molecule has 3 aromatic rings. The zero-order valence-corrected chi connectivity index (χ0v) is 18.0. The van der Waals surface area contributed by atoms with Crippen LogP contribution in [-0.2, 0) is 10.5 Å². The Morgan fingerprint density at radius 1 is 0.900 bits per heavy atom. The summed E-state index contributed by atoms with van der Waals surface area (Å²) in [7, 11) is 0. The van der Waals surface area contributed by atoms with Crippen molar-refractivity contribution in [2.45, 2.75) is 25.6 Å². The van der Waals surface area contributed by atoms with Crippen molar-refractivity contribution in [2.75, 3.05) is 11.1 Å². The lowest BCUT2D eigenvalue weighted by atomic mass is 10.1. The molecule has 0 spiro atoms. The van der Waals surface area contributed by atoms with E-state index < -0.39 is 0 Å². The number of hydrogen-bond acceptors (Lipinski definition) is 3. The first-order valence-electron chi connectivity index (χ1n) is 9.91. The normalized spacial score (nSPS) is 11.5. The molecule has 0 aromatic heterocycles. The average molecular weight is 419 g/mol. The molecular weight excluding hydrogens is 392 g/mol. The standard InChI is InChI=1S/C25H26N2O2S/c1-18-12-14-20(15-13-18)16-30-17-24(28)27-23-11-7-6-10-22(23)25(29)26-19(2)21-8-4-3-5-9-21/h3-15,19H,16-17H2,1-2H3,(H,26,29)(H,27,28)/t19-/m0/s1. The molecule has 4 nitrogen and oxygen atoms in total. The molecule has 0 heterocycles. The second-order valence-electron chi connectivity index (χ2n) is 7.18. The number of anilines is 1. The predicted molar refractivity (Wildman–Crippen MR) is 125 cm³/mol. The summed E-state index contributed by atoms with van der Waals surface area (Å²) in [6.45, 7) is 3.99. The Balaban J connectivity index is 1.56. The minimum Gasteiger partial charge on any atom is -0.345 e. The molecule has 0 aliphatic heterocycles. The average Bonchev–Trinajstić information content (AvgIpc) is 2.76. The SMILES string of the molecule is Cc1ccc(CSCC(=O)Nc2ccccc2C(=O)N[C@@H](C)c2ccccc2)cc1. The molecule has 30 heavy (non-hydrogen) atoms. The van der Waals surface area contributed by atoms with E-state index in [4.69, 9.17) is 0 Å². The number of benzene rings is 3. The van der Waals surface area contributed by atoms with E-state index >= 15 is 0 Å². The Bertz CT molecular complexity index is 988. The third-order valence-electron chi connectivity index (χ3n) is 4.72. The highest BCUT2D eigenvalue weighted by atomic mass is 32.2. The molecule has 3 rings (SSSR count). The highest BCUT2D eigenvalue weighted by Crippen LogP contribution is 2.19. The molecule has 0 radical (unpaired) electrons. The van der Waals surface area contributed by atoms with Gasteiger partial charge in [0, 0.05) is 5.75 Å². The highest BCUT2D eigenvalue weighted by molar-refractivity contribution is 7.99. The summed E-state index contributed by atoms with van der Waals surface area (Å²) in [5.74, 6) is 0.757. The van der Waals surface area contributed by atoms with Crippen LogP contribution in [-0.4, -0.2) is 17.6 Å². The molecule has 2 amide bonds. The van der Waals surface area contributed by atoms with Crippen molar-refractivity contribution in [1.29, 1.82) is 0 Å². The fraction of sp³-hybridized carbons (Fsp3) is 0.200. The summed E-state index contributed by atoms with van der Waals surface area (Å²) in [4.78, 5) is 25.2. The van der Waals surface area contributed by atoms with Crippen LogP contribution < -0.4 is 10.6 Å². The van der Waals surface area contributed by atoms with Crippen LogP contribution in [0.15, 0.2) is 78.9 Å². The van der Waals surface area contributed by atoms with Crippen molar-refractivity contribution in [2.24, 2.45) is 0 Å². The van der Waals surface area contributed by atoms with Crippen LogP contribution in [0.5, 0.6) is 0 Å². The van der Waals surface area contributed by atoms with Crippen molar-refractivity contribution < 1.29 is 9.59 Å². The van der Waals surface area contributed by atoms with Gasteiger partial charge in [0.05, 0.1) is 23.0 Å². The molecular formula is C25H26N2O2S. The summed E-state index contributed by atoms with van der Waals surface area (Å²) in [5, 5.41) is 5.88. The Morgan fingerprint density at radius 2 is 1.57 bits per heavy atom. The van der Waals surface area contributed by atoms with Crippen LogP contribution in [0.2, 0.25) is 0 Å². The number of thioether (sulfide) groups is 1. The molecule has 0 fully saturated rings. The third-order valence-corrected chi connectivity index (χ3v) is 5.72. The number of carbonyl (C=O) groups is 2. The molecule has 5 heteroatoms. The van der Waals surface area contributed by atoms with E-state index in [0.717, 1.165) is 11.3 Å². The smallest absolute Gasteiger partial charge is 0.253 e. The number of hydrogen-bond donors (Lipinski definition) is 2. The van der Waals surface area contributed by atoms with Gasteiger partial charge in [0.25, 0.3) is 5.91 Å². The largest absolute Gasteiger partial charge is 0.345 e. The maximum absolute atomic E-state index is 12.8. The first kappa shape index (κ1) is 21.7. The Kier molecular flexibility index (Phi) is 7.69. The van der Waals surface area contributed by atoms with E-state index in [-0.39, 0.29) is 17.9 Å². The predicted octanol–water partition coefficient (Wildman–Crippen LogP) is 5.36. The van der Waals surface area contributed by atoms with E-state index in [9.17, 15) is 9.59 Å². The third kappa shape index (κ3) is 6.22. The molecule has 154 valence electrons. The van der Waals surface area contributed by atoms with Gasteiger partial charge in [-0.05, 0) is 37.1 Å². The lowest BCUT2D eigenvalue weighted by Gasteiger charge is -2.16. The fourth-order valence-electron chi connectivity index (χ4n) is 3.02. The van der Waals surface area contributed by atoms with Crippen LogP contribution in [0.1, 0.15) is 40.0 Å². The van der Waals surface area contributed by atoms with E-state index in [1.165, 1.54) is 11.1 Å². The van der Waals surface area contributed by atoms with Crippen molar-refractivity contribution in [3.8, 4) is 0 Å². The van der Waals surface area contributed by atoms with Crippen LogP contribution >= 0.6 is 11.8 Å². The molecule has 0 aliphatic rings. The van der Waals surface area contributed by atoms with Crippen LogP contribution in [0.4, 0.5) is 5.69 Å². The number of rotatable bonds is 8. The van der Waals surface area contributed by atoms with E-state index in [1.54, 1.807) is 30.0 Å². The van der Waals surface area contributed by atoms with Crippen molar-refractivity contribution in [3.05, 3.63) is 101 Å². The maximum Gasteiger partial charge on any atom is 0.253 e. The second-order valence-corrected chi connectivity index (χ2v) is 8.16. The molecule has 0 unspecified atom stereocenters. The van der Waals surface area contributed by atoms with Gasteiger partial charge >= 0.3 is 0 Å². The summed E-state index contributed by atoms with van der Waals surface area (Å²) in [5.41, 5.74) is 4.42. The summed E-state index contributed by atoms with van der Waals surface area (Å²) in [6.07, 6.45) is 0. The van der Waals surface area contributed by atoms with Crippen molar-refractivity contribution in [3.63, 3.8) is 0 Å². The Labute approximate surface area is 182 Å². The lowest BCUT2D eigenvalue weighted by Crippen LogP contribution is -2.28. The first-order valence-corrected chi connectivity index (χ1v) is 11.1. The van der Waals surface area contributed by atoms with Gasteiger partial charge in [0.15, 0.2) is 0 Å². The maximum atomic E-state index is 12.8. The summed E-state index contributed by atoms with van der Waals surface area (Å²) in [6, 6.07) is 25.0. The van der Waals surface area contributed by atoms with E-state index in [2.05, 4.69) is 41.8 Å². The van der Waals surface area contributed by atoms with Gasteiger partial charge in [-0.2, -0.15) is 0 Å². The Hall–Kier alpha value is -3.05. The van der Waals surface area contributed by atoms with Crippen molar-refractivity contribution >= 4 is 29.3 Å². The van der Waals surface area contributed by atoms with Crippen LogP contribution in [0, 0.1) is 6.92 Å². The monoisotopic (exact) mass is 418 g/mol. The summed E-state index contributed by atoms with van der Waals surface area (Å²) >= 11 is 1.55. The number of nitrogens with one attached hydrogen (secondary N) is 2. The molecule has 0 bridgehead atoms. The van der Waals surface area contributed by atoms with Gasteiger partial charge in [-0.15, -0.1) is 11.8 Å². The lowest BCUT2D eigenvalue weighted by molar-refractivity contribution is -0.113. The second kappa shape index (κ2) is 10.6. The minimum atomic E-state index is -0.213. The zero-order valence-electron chi connectivity index (χ0n) is 17.2. The number of amides is 2. The van der Waals surface area contributed by atoms with Crippen LogP contribution in [0.3, 0.4) is 0 Å². The van der Waals surface area contributed by atoms with Gasteiger partial charge in [0.2, 0.25) is 5.91 Å².